The Balaban J connectivity index is 1.72. The van der Waals surface area contributed by atoms with Gasteiger partial charge >= 0.3 is 0 Å². The summed E-state index contributed by atoms with van der Waals surface area (Å²) in [5.41, 5.74) is 1.70. The summed E-state index contributed by atoms with van der Waals surface area (Å²) in [4.78, 5) is 7.24. The number of aromatic nitrogens is 2. The minimum absolute atomic E-state index is 0.0577. The molecule has 2 aromatic heterocycles. The van der Waals surface area contributed by atoms with E-state index >= 15 is 4.39 Å². The predicted octanol–water partition coefficient (Wildman–Crippen LogP) is 3.99. The lowest BCUT2D eigenvalue weighted by Crippen LogP contribution is -2.10. The van der Waals surface area contributed by atoms with Gasteiger partial charge in [0, 0.05) is 41.7 Å². The first-order chi connectivity index (χ1) is 16.7. The minimum Gasteiger partial charge on any atom is -0.488 e. The second-order valence-corrected chi connectivity index (χ2v) is 9.58. The van der Waals surface area contributed by atoms with Gasteiger partial charge in [0.05, 0.1) is 18.4 Å². The van der Waals surface area contributed by atoms with Crippen molar-refractivity contribution < 1.29 is 31.8 Å². The summed E-state index contributed by atoms with van der Waals surface area (Å²) in [6.07, 6.45) is 2.41. The summed E-state index contributed by atoms with van der Waals surface area (Å²) in [6.45, 7) is 0.273. The molecule has 0 bridgehead atoms. The molecule has 4 rings (SSSR count). The van der Waals surface area contributed by atoms with Gasteiger partial charge in [-0.15, -0.1) is 0 Å². The molecule has 0 fully saturated rings. The van der Waals surface area contributed by atoms with Crippen LogP contribution in [0.2, 0.25) is 0 Å². The Hall–Kier alpha value is -3.54. The van der Waals surface area contributed by atoms with Crippen molar-refractivity contribution in [3.63, 3.8) is 0 Å². The number of aliphatic hydroxyl groups excluding tert-OH is 1. The van der Waals surface area contributed by atoms with E-state index in [0.717, 1.165) is 18.4 Å². The van der Waals surface area contributed by atoms with E-state index in [9.17, 15) is 17.9 Å². The number of sulfonamides is 1. The number of nitrogens with one attached hydrogen (secondary N) is 2. The molecule has 0 aliphatic rings. The Morgan fingerprint density at radius 3 is 2.69 bits per heavy atom. The number of pyridine rings is 1. The molecule has 184 valence electrons. The molecule has 2 heterocycles. The van der Waals surface area contributed by atoms with Gasteiger partial charge in [0.15, 0.2) is 11.6 Å². The molecule has 35 heavy (non-hydrogen) atoms. The third kappa shape index (κ3) is 5.42. The van der Waals surface area contributed by atoms with Crippen LogP contribution in [0.4, 0.5) is 14.5 Å². The monoisotopic (exact) mass is 503 g/mol. The summed E-state index contributed by atoms with van der Waals surface area (Å²) >= 11 is 0. The van der Waals surface area contributed by atoms with Crippen LogP contribution in [-0.2, 0) is 14.8 Å². The number of anilines is 1. The van der Waals surface area contributed by atoms with Gasteiger partial charge < -0.3 is 19.6 Å². The van der Waals surface area contributed by atoms with Crippen molar-refractivity contribution >= 4 is 26.7 Å². The van der Waals surface area contributed by atoms with Crippen molar-refractivity contribution in [3.05, 3.63) is 77.6 Å². The molecule has 11 heteroatoms. The van der Waals surface area contributed by atoms with Gasteiger partial charge in [-0.25, -0.2) is 22.2 Å². The Morgan fingerprint density at radius 2 is 1.94 bits per heavy atom. The summed E-state index contributed by atoms with van der Waals surface area (Å²) in [7, 11) is -1.99. The fraction of sp³-hybridized carbons (Fsp3) is 0.208. The van der Waals surface area contributed by atoms with Crippen LogP contribution in [0, 0.1) is 11.6 Å². The lowest BCUT2D eigenvalue weighted by molar-refractivity contribution is 0.142. The predicted molar refractivity (Wildman–Crippen MR) is 128 cm³/mol. The SMILES string of the molecule is COCCOc1ccc(F)c(C(O)c2c[nH]c3ncc(-c4cccc(NS(C)(=O)=O)c4)cc23)c1F. The van der Waals surface area contributed by atoms with Crippen molar-refractivity contribution in [1.82, 2.24) is 9.97 Å². The van der Waals surface area contributed by atoms with Gasteiger partial charge in [-0.05, 0) is 35.9 Å². The van der Waals surface area contributed by atoms with Crippen molar-refractivity contribution in [3.8, 4) is 16.9 Å². The molecule has 0 saturated carbocycles. The van der Waals surface area contributed by atoms with E-state index in [1.54, 1.807) is 36.5 Å². The zero-order chi connectivity index (χ0) is 25.2. The van der Waals surface area contributed by atoms with Gasteiger partial charge in [-0.3, -0.25) is 4.72 Å². The number of fused-ring (bicyclic) bond motifs is 1. The number of hydrogen-bond donors (Lipinski definition) is 3. The smallest absolute Gasteiger partial charge is 0.229 e. The molecule has 0 aliphatic carbocycles. The van der Waals surface area contributed by atoms with Gasteiger partial charge in [0.1, 0.15) is 24.2 Å². The number of aliphatic hydroxyl groups is 1. The van der Waals surface area contributed by atoms with Crippen LogP contribution in [0.3, 0.4) is 0 Å². The van der Waals surface area contributed by atoms with Crippen LogP contribution in [-0.4, -0.2) is 50.1 Å². The molecule has 0 radical (unpaired) electrons. The van der Waals surface area contributed by atoms with E-state index in [0.29, 0.717) is 27.8 Å². The topological polar surface area (TPSA) is 114 Å². The number of halogens is 2. The number of benzene rings is 2. The maximum atomic E-state index is 15.1. The Morgan fingerprint density at radius 1 is 1.14 bits per heavy atom. The first-order valence-electron chi connectivity index (χ1n) is 10.5. The highest BCUT2D eigenvalue weighted by Crippen LogP contribution is 2.36. The third-order valence-electron chi connectivity index (χ3n) is 5.27. The van der Waals surface area contributed by atoms with Crippen LogP contribution in [0.25, 0.3) is 22.2 Å². The average molecular weight is 504 g/mol. The number of H-pyrrole nitrogens is 1. The highest BCUT2D eigenvalue weighted by molar-refractivity contribution is 7.92. The maximum Gasteiger partial charge on any atom is 0.229 e. The van der Waals surface area contributed by atoms with Gasteiger partial charge in [0.25, 0.3) is 0 Å². The van der Waals surface area contributed by atoms with E-state index in [1.165, 1.54) is 13.3 Å². The number of rotatable bonds is 9. The standard InChI is InChI=1S/C24H23F2N3O5S/c1-33-8-9-34-20-7-6-19(25)21(22(20)26)23(30)18-13-28-24-17(18)11-15(12-27-24)14-4-3-5-16(10-14)29-35(2,31)32/h3-7,10-13,23,29-30H,8-9H2,1-2H3,(H,27,28). The summed E-state index contributed by atoms with van der Waals surface area (Å²) in [5, 5.41) is 11.4. The van der Waals surface area contributed by atoms with Crippen LogP contribution in [0.15, 0.2) is 54.9 Å². The summed E-state index contributed by atoms with van der Waals surface area (Å²) < 4.78 is 65.4. The minimum atomic E-state index is -3.46. The number of methoxy groups -OCH3 is 1. The quantitative estimate of drug-likeness (QED) is 0.298. The second kappa shape index (κ2) is 9.98. The van der Waals surface area contributed by atoms with Crippen LogP contribution in [0.1, 0.15) is 17.2 Å². The lowest BCUT2D eigenvalue weighted by Gasteiger charge is -2.15. The lowest BCUT2D eigenvalue weighted by atomic mass is 9.98. The molecule has 0 spiro atoms. The number of ether oxygens (including phenoxy) is 2. The molecule has 3 N–H and O–H groups in total. The largest absolute Gasteiger partial charge is 0.488 e. The first kappa shape index (κ1) is 24.6. The fourth-order valence-corrected chi connectivity index (χ4v) is 4.24. The highest BCUT2D eigenvalue weighted by Gasteiger charge is 2.25. The average Bonchev–Trinajstić information content (AvgIpc) is 3.23. The molecule has 0 amide bonds. The van der Waals surface area contributed by atoms with Crippen LogP contribution in [0.5, 0.6) is 5.75 Å². The fourth-order valence-electron chi connectivity index (χ4n) is 3.69. The Labute approximate surface area is 200 Å². The number of nitrogens with zero attached hydrogens (tertiary/aromatic N) is 1. The maximum absolute atomic E-state index is 15.1. The highest BCUT2D eigenvalue weighted by atomic mass is 32.2. The molecule has 0 aliphatic heterocycles. The van der Waals surface area contributed by atoms with E-state index in [2.05, 4.69) is 14.7 Å². The van der Waals surface area contributed by atoms with Crippen molar-refractivity contribution in [2.24, 2.45) is 0 Å². The second-order valence-electron chi connectivity index (χ2n) is 7.84. The molecular formula is C24H23F2N3O5S. The molecule has 8 nitrogen and oxygen atoms in total. The third-order valence-corrected chi connectivity index (χ3v) is 5.87. The van der Waals surface area contributed by atoms with E-state index < -0.39 is 33.3 Å². The normalized spacial score (nSPS) is 12.6. The molecular weight excluding hydrogens is 480 g/mol. The van der Waals surface area contributed by atoms with E-state index in [1.807, 2.05) is 0 Å². The first-order valence-corrected chi connectivity index (χ1v) is 12.4. The number of hydrogen-bond acceptors (Lipinski definition) is 6. The van der Waals surface area contributed by atoms with Gasteiger partial charge in [-0.1, -0.05) is 12.1 Å². The van der Waals surface area contributed by atoms with E-state index in [4.69, 9.17) is 9.47 Å². The van der Waals surface area contributed by atoms with Crippen LogP contribution >= 0.6 is 0 Å². The van der Waals surface area contributed by atoms with Gasteiger partial charge in [-0.2, -0.15) is 0 Å². The molecule has 2 aromatic carbocycles. The zero-order valence-electron chi connectivity index (χ0n) is 18.9. The summed E-state index contributed by atoms with van der Waals surface area (Å²) in [5.74, 6) is -2.13. The van der Waals surface area contributed by atoms with Crippen LogP contribution < -0.4 is 9.46 Å². The van der Waals surface area contributed by atoms with Gasteiger partial charge in [0.2, 0.25) is 10.0 Å². The molecule has 4 aromatic rings. The molecule has 0 saturated heterocycles. The van der Waals surface area contributed by atoms with Crippen molar-refractivity contribution in [2.75, 3.05) is 31.3 Å². The van der Waals surface area contributed by atoms with Crippen molar-refractivity contribution in [2.45, 2.75) is 6.10 Å². The number of aromatic amines is 1. The Bertz CT molecular complexity index is 1470. The molecule has 1 atom stereocenters. The Kier molecular flexibility index (Phi) is 7.01. The molecule has 1 unspecified atom stereocenters. The zero-order valence-corrected chi connectivity index (χ0v) is 19.7. The van der Waals surface area contributed by atoms with E-state index in [-0.39, 0.29) is 24.5 Å². The van der Waals surface area contributed by atoms with Crippen molar-refractivity contribution in [1.29, 1.82) is 0 Å². The summed E-state index contributed by atoms with van der Waals surface area (Å²) in [6, 6.07) is 10.6.